The molecule has 3 rings (SSSR count). The van der Waals surface area contributed by atoms with Crippen LogP contribution in [0.3, 0.4) is 0 Å². The Morgan fingerprint density at radius 1 is 1.28 bits per heavy atom. The Labute approximate surface area is 149 Å². The van der Waals surface area contributed by atoms with Crippen molar-refractivity contribution in [3.8, 4) is 10.6 Å². The molecule has 7 heteroatoms. The lowest BCUT2D eigenvalue weighted by Crippen LogP contribution is -2.37. The Balaban J connectivity index is 1.63. The molecule has 1 aromatic carbocycles. The van der Waals surface area contributed by atoms with Gasteiger partial charge in [-0.2, -0.15) is 0 Å². The minimum absolute atomic E-state index is 0.228. The number of rotatable bonds is 5. The van der Waals surface area contributed by atoms with Crippen LogP contribution in [0.5, 0.6) is 0 Å². The third-order valence-corrected chi connectivity index (χ3v) is 5.66. The number of aromatic nitrogens is 2. The van der Waals surface area contributed by atoms with Crippen molar-refractivity contribution in [3.63, 3.8) is 0 Å². The van der Waals surface area contributed by atoms with Crippen LogP contribution >= 0.6 is 11.3 Å². The smallest absolute Gasteiger partial charge is 0.222 e. The quantitative estimate of drug-likeness (QED) is 0.790. The highest BCUT2D eigenvalue weighted by Gasteiger charge is 2.26. The highest BCUT2D eigenvalue weighted by molar-refractivity contribution is 7.14. The Morgan fingerprint density at radius 3 is 2.72 bits per heavy atom. The molecule has 1 saturated heterocycles. The summed E-state index contributed by atoms with van der Waals surface area (Å²) in [7, 11) is 0. The van der Waals surface area contributed by atoms with Crippen LogP contribution in [0.25, 0.3) is 10.6 Å². The molecule has 0 saturated carbocycles. The zero-order chi connectivity index (χ0) is 17.8. The number of carbonyl (C=O) groups excluding carboxylic acids is 1. The maximum absolute atomic E-state index is 13.9. The van der Waals surface area contributed by atoms with Gasteiger partial charge in [0, 0.05) is 37.1 Å². The maximum atomic E-state index is 13.9. The molecule has 1 fully saturated rings. The lowest BCUT2D eigenvalue weighted by atomic mass is 9.97. The number of carbonyl (C=O) groups is 1. The largest absolute Gasteiger partial charge is 0.343 e. The van der Waals surface area contributed by atoms with Gasteiger partial charge < -0.3 is 4.90 Å². The van der Waals surface area contributed by atoms with E-state index < -0.39 is 11.6 Å². The Hall–Kier alpha value is -1.89. The normalized spacial score (nSPS) is 15.6. The van der Waals surface area contributed by atoms with Crippen molar-refractivity contribution in [2.75, 3.05) is 13.1 Å². The molecule has 1 aliphatic rings. The average Bonchev–Trinajstić information content (AvgIpc) is 3.09. The summed E-state index contributed by atoms with van der Waals surface area (Å²) in [5.74, 6) is -0.762. The second-order valence-electron chi connectivity index (χ2n) is 6.33. The summed E-state index contributed by atoms with van der Waals surface area (Å²) in [5, 5.41) is 9.60. The van der Waals surface area contributed by atoms with Gasteiger partial charge in [-0.05, 0) is 31.4 Å². The number of piperidine rings is 1. The summed E-state index contributed by atoms with van der Waals surface area (Å²) in [6, 6.07) is 3.47. The molecule has 2 aromatic rings. The third kappa shape index (κ3) is 4.21. The molecule has 134 valence electrons. The summed E-state index contributed by atoms with van der Waals surface area (Å²) in [4.78, 5) is 14.0. The first-order valence-electron chi connectivity index (χ1n) is 8.65. The molecule has 0 bridgehead atoms. The molecule has 0 N–H and O–H groups in total. The molecule has 0 spiro atoms. The highest BCUT2D eigenvalue weighted by atomic mass is 32.1. The number of hydrogen-bond donors (Lipinski definition) is 0. The van der Waals surface area contributed by atoms with Gasteiger partial charge in [0.25, 0.3) is 0 Å². The molecule has 25 heavy (non-hydrogen) atoms. The fourth-order valence-electron chi connectivity index (χ4n) is 3.03. The van der Waals surface area contributed by atoms with Gasteiger partial charge in [0.15, 0.2) is 5.01 Å². The van der Waals surface area contributed by atoms with Gasteiger partial charge in [0.1, 0.15) is 16.6 Å². The highest BCUT2D eigenvalue weighted by Crippen LogP contribution is 2.34. The maximum Gasteiger partial charge on any atom is 0.222 e. The number of amides is 1. The molecular formula is C18H21F2N3OS. The number of halogens is 2. The second kappa shape index (κ2) is 7.99. The SMILES string of the molecule is CCCCC(=O)N1CCC(c2nnc(-c3ccc(F)cc3F)s2)CC1. The van der Waals surface area contributed by atoms with E-state index in [-0.39, 0.29) is 17.4 Å². The predicted octanol–water partition coefficient (Wildman–Crippen LogP) is 4.38. The van der Waals surface area contributed by atoms with Crippen molar-refractivity contribution >= 4 is 17.2 Å². The standard InChI is InChI=1S/C18H21F2N3OS/c1-2-3-4-16(24)23-9-7-12(8-10-23)17-21-22-18(25-17)14-6-5-13(19)11-15(14)20/h5-6,11-12H,2-4,7-10H2,1H3. The molecule has 1 aromatic heterocycles. The third-order valence-electron chi connectivity index (χ3n) is 4.54. The van der Waals surface area contributed by atoms with Gasteiger partial charge in [-0.25, -0.2) is 8.78 Å². The first-order chi connectivity index (χ1) is 12.1. The minimum Gasteiger partial charge on any atom is -0.343 e. The van der Waals surface area contributed by atoms with Crippen LogP contribution in [-0.4, -0.2) is 34.1 Å². The monoisotopic (exact) mass is 365 g/mol. The van der Waals surface area contributed by atoms with E-state index in [1.54, 1.807) is 0 Å². The Kier molecular flexibility index (Phi) is 5.73. The molecule has 0 radical (unpaired) electrons. The molecule has 1 aliphatic heterocycles. The summed E-state index contributed by atoms with van der Waals surface area (Å²) in [6.07, 6.45) is 4.27. The van der Waals surface area contributed by atoms with E-state index in [9.17, 15) is 13.6 Å². The van der Waals surface area contributed by atoms with Crippen LogP contribution in [0.15, 0.2) is 18.2 Å². The lowest BCUT2D eigenvalue weighted by molar-refractivity contribution is -0.132. The minimum atomic E-state index is -0.626. The topological polar surface area (TPSA) is 46.1 Å². The average molecular weight is 365 g/mol. The molecule has 0 aliphatic carbocycles. The van der Waals surface area contributed by atoms with Crippen LogP contribution in [0, 0.1) is 11.6 Å². The van der Waals surface area contributed by atoms with Gasteiger partial charge in [0.2, 0.25) is 5.91 Å². The van der Waals surface area contributed by atoms with E-state index in [1.807, 2.05) is 4.90 Å². The first-order valence-corrected chi connectivity index (χ1v) is 9.46. The van der Waals surface area contributed by atoms with E-state index in [1.165, 1.54) is 23.5 Å². The molecule has 4 nitrogen and oxygen atoms in total. The fraction of sp³-hybridized carbons (Fsp3) is 0.500. The van der Waals surface area contributed by atoms with E-state index in [2.05, 4.69) is 17.1 Å². The molecule has 2 heterocycles. The number of nitrogens with zero attached hydrogens (tertiary/aromatic N) is 3. The first kappa shape index (κ1) is 17.9. The number of benzene rings is 1. The van der Waals surface area contributed by atoms with Gasteiger partial charge in [-0.1, -0.05) is 24.7 Å². The Bertz CT molecular complexity index is 742. The van der Waals surface area contributed by atoms with Crippen molar-refractivity contribution in [2.24, 2.45) is 0 Å². The van der Waals surface area contributed by atoms with Crippen LogP contribution in [0.2, 0.25) is 0 Å². The van der Waals surface area contributed by atoms with Crippen LogP contribution in [0.4, 0.5) is 8.78 Å². The second-order valence-corrected chi connectivity index (χ2v) is 7.34. The van der Waals surface area contributed by atoms with Gasteiger partial charge in [-0.15, -0.1) is 10.2 Å². The summed E-state index contributed by atoms with van der Waals surface area (Å²) < 4.78 is 26.9. The number of hydrogen-bond acceptors (Lipinski definition) is 4. The molecule has 0 unspecified atom stereocenters. The Morgan fingerprint density at radius 2 is 2.04 bits per heavy atom. The zero-order valence-electron chi connectivity index (χ0n) is 14.2. The summed E-state index contributed by atoms with van der Waals surface area (Å²) in [6.45, 7) is 3.54. The summed E-state index contributed by atoms with van der Waals surface area (Å²) >= 11 is 1.35. The van der Waals surface area contributed by atoms with Gasteiger partial charge >= 0.3 is 0 Å². The van der Waals surface area contributed by atoms with E-state index in [0.717, 1.165) is 49.8 Å². The number of likely N-dealkylation sites (tertiary alicyclic amines) is 1. The van der Waals surface area contributed by atoms with E-state index in [0.29, 0.717) is 11.4 Å². The van der Waals surface area contributed by atoms with Gasteiger partial charge in [-0.3, -0.25) is 4.79 Å². The predicted molar refractivity (Wildman–Crippen MR) is 93.3 cm³/mol. The van der Waals surface area contributed by atoms with E-state index >= 15 is 0 Å². The number of unbranched alkanes of at least 4 members (excludes halogenated alkanes) is 1. The fourth-order valence-corrected chi connectivity index (χ4v) is 4.07. The van der Waals surface area contributed by atoms with Crippen molar-refractivity contribution < 1.29 is 13.6 Å². The van der Waals surface area contributed by atoms with Crippen molar-refractivity contribution in [2.45, 2.75) is 44.9 Å². The van der Waals surface area contributed by atoms with Crippen LogP contribution < -0.4 is 0 Å². The molecular weight excluding hydrogens is 344 g/mol. The van der Waals surface area contributed by atoms with Crippen LogP contribution in [-0.2, 0) is 4.79 Å². The molecule has 1 amide bonds. The van der Waals surface area contributed by atoms with Gasteiger partial charge in [0.05, 0.1) is 0 Å². The van der Waals surface area contributed by atoms with E-state index in [4.69, 9.17) is 0 Å². The zero-order valence-corrected chi connectivity index (χ0v) is 15.0. The molecule has 0 atom stereocenters. The lowest BCUT2D eigenvalue weighted by Gasteiger charge is -2.31. The van der Waals surface area contributed by atoms with Crippen molar-refractivity contribution in [1.29, 1.82) is 0 Å². The summed E-state index contributed by atoms with van der Waals surface area (Å²) in [5.41, 5.74) is 0.275. The van der Waals surface area contributed by atoms with Crippen molar-refractivity contribution in [3.05, 3.63) is 34.8 Å². The van der Waals surface area contributed by atoms with Crippen molar-refractivity contribution in [1.82, 2.24) is 15.1 Å². The van der Waals surface area contributed by atoms with Crippen LogP contribution in [0.1, 0.15) is 50.0 Å².